The molecule has 2 aromatic rings. The lowest BCUT2D eigenvalue weighted by Gasteiger charge is -2.24. The number of sulfone groups is 1. The van der Waals surface area contributed by atoms with Crippen molar-refractivity contribution in [2.45, 2.75) is 31.3 Å². The van der Waals surface area contributed by atoms with E-state index in [2.05, 4.69) is 10.3 Å². The van der Waals surface area contributed by atoms with E-state index in [0.717, 1.165) is 16.5 Å². The Morgan fingerprint density at radius 3 is 2.88 bits per heavy atom. The molecule has 1 aliphatic heterocycles. The van der Waals surface area contributed by atoms with Crippen LogP contribution >= 0.6 is 12.4 Å². The Bertz CT molecular complexity index is 819. The van der Waals surface area contributed by atoms with E-state index < -0.39 is 15.9 Å². The molecular weight excluding hydrogens is 350 g/mol. The lowest BCUT2D eigenvalue weighted by atomic mass is 10.0. The number of aromatic nitrogens is 1. The van der Waals surface area contributed by atoms with E-state index >= 15 is 0 Å². The van der Waals surface area contributed by atoms with Gasteiger partial charge in [-0.3, -0.25) is 4.79 Å². The van der Waals surface area contributed by atoms with Crippen molar-refractivity contribution in [2.24, 2.45) is 5.73 Å². The van der Waals surface area contributed by atoms with Crippen LogP contribution in [-0.4, -0.2) is 42.9 Å². The van der Waals surface area contributed by atoms with Crippen LogP contribution in [0.4, 0.5) is 0 Å². The van der Waals surface area contributed by atoms with E-state index in [4.69, 9.17) is 5.73 Å². The first-order valence-corrected chi connectivity index (χ1v) is 9.58. The summed E-state index contributed by atoms with van der Waals surface area (Å²) >= 11 is 0. The number of rotatable bonds is 4. The fourth-order valence-electron chi connectivity index (χ4n) is 3.08. The van der Waals surface area contributed by atoms with Gasteiger partial charge in [0.15, 0.2) is 9.84 Å². The largest absolute Gasteiger partial charge is 0.361 e. The van der Waals surface area contributed by atoms with Gasteiger partial charge < -0.3 is 16.0 Å². The Labute approximate surface area is 147 Å². The van der Waals surface area contributed by atoms with Crippen LogP contribution in [0.25, 0.3) is 10.9 Å². The zero-order chi connectivity index (χ0) is 16.4. The summed E-state index contributed by atoms with van der Waals surface area (Å²) in [5.74, 6) is -0.0726. The summed E-state index contributed by atoms with van der Waals surface area (Å²) in [6.45, 7) is 0. The fraction of sp³-hybridized carbons (Fsp3) is 0.438. The van der Waals surface area contributed by atoms with Crippen LogP contribution in [0.2, 0.25) is 0 Å². The first-order valence-electron chi connectivity index (χ1n) is 7.76. The number of nitrogens with two attached hydrogens (primary N) is 1. The molecule has 0 saturated carbocycles. The minimum atomic E-state index is -3.04. The number of H-pyrrole nitrogens is 1. The van der Waals surface area contributed by atoms with Crippen molar-refractivity contribution in [1.29, 1.82) is 0 Å². The highest BCUT2D eigenvalue weighted by atomic mass is 35.5. The fourth-order valence-corrected chi connectivity index (χ4v) is 4.71. The van der Waals surface area contributed by atoms with Gasteiger partial charge in [-0.25, -0.2) is 8.42 Å². The number of halogens is 1. The highest BCUT2D eigenvalue weighted by molar-refractivity contribution is 7.91. The second-order valence-corrected chi connectivity index (χ2v) is 8.36. The predicted molar refractivity (Wildman–Crippen MR) is 97.0 cm³/mol. The average molecular weight is 372 g/mol. The second-order valence-electron chi connectivity index (χ2n) is 6.13. The Morgan fingerprint density at radius 2 is 2.12 bits per heavy atom. The zero-order valence-corrected chi connectivity index (χ0v) is 14.8. The Balaban J connectivity index is 0.00000208. The number of aromatic amines is 1. The van der Waals surface area contributed by atoms with Gasteiger partial charge in [-0.05, 0) is 30.9 Å². The van der Waals surface area contributed by atoms with Crippen molar-refractivity contribution in [2.75, 3.05) is 11.5 Å². The number of benzene rings is 1. The number of hydrogen-bond acceptors (Lipinski definition) is 4. The van der Waals surface area contributed by atoms with Crippen LogP contribution in [0.5, 0.6) is 0 Å². The Kier molecular flexibility index (Phi) is 5.90. The Morgan fingerprint density at radius 1 is 1.38 bits per heavy atom. The monoisotopic (exact) mass is 371 g/mol. The molecule has 1 amide bonds. The molecule has 1 unspecified atom stereocenters. The van der Waals surface area contributed by atoms with Gasteiger partial charge in [-0.1, -0.05) is 18.2 Å². The first kappa shape index (κ1) is 18.8. The molecule has 1 fully saturated rings. The highest BCUT2D eigenvalue weighted by Gasteiger charge is 2.27. The van der Waals surface area contributed by atoms with Gasteiger partial charge in [0.25, 0.3) is 0 Å². The molecule has 8 heteroatoms. The summed E-state index contributed by atoms with van der Waals surface area (Å²) < 4.78 is 23.3. The minimum Gasteiger partial charge on any atom is -0.361 e. The third-order valence-electron chi connectivity index (χ3n) is 4.26. The Hall–Kier alpha value is -1.57. The van der Waals surface area contributed by atoms with E-state index in [1.54, 1.807) is 0 Å². The van der Waals surface area contributed by atoms with E-state index in [0.29, 0.717) is 19.3 Å². The summed E-state index contributed by atoms with van der Waals surface area (Å²) in [4.78, 5) is 15.4. The standard InChI is InChI=1S/C16H21N3O3S.ClH/c17-14(8-11-9-18-15-6-2-1-5-13(11)15)16(20)19-12-4-3-7-23(21,22)10-12;/h1-2,5-6,9,12,14,18H,3-4,7-8,10,17H2,(H,19,20);1H/t12?,14-;/m0./s1. The first-order chi connectivity index (χ1) is 10.9. The normalized spacial score (nSPS) is 21.0. The number of carbonyl (C=O) groups excluding carboxylic acids is 1. The molecule has 24 heavy (non-hydrogen) atoms. The van der Waals surface area contributed by atoms with Gasteiger partial charge in [0.2, 0.25) is 5.91 Å². The zero-order valence-electron chi connectivity index (χ0n) is 13.2. The van der Waals surface area contributed by atoms with Crippen molar-refractivity contribution in [3.63, 3.8) is 0 Å². The van der Waals surface area contributed by atoms with Crippen LogP contribution < -0.4 is 11.1 Å². The molecule has 0 bridgehead atoms. The van der Waals surface area contributed by atoms with Crippen molar-refractivity contribution in [1.82, 2.24) is 10.3 Å². The molecule has 2 atom stereocenters. The van der Waals surface area contributed by atoms with E-state index in [-0.39, 0.29) is 35.9 Å². The topological polar surface area (TPSA) is 105 Å². The predicted octanol–water partition coefficient (Wildman–Crippen LogP) is 1.15. The molecule has 132 valence electrons. The molecule has 1 aromatic heterocycles. The van der Waals surface area contributed by atoms with Crippen LogP contribution in [0.1, 0.15) is 18.4 Å². The molecule has 1 aromatic carbocycles. The molecular formula is C16H22ClN3O3S. The van der Waals surface area contributed by atoms with Gasteiger partial charge in [0.05, 0.1) is 17.5 Å². The van der Waals surface area contributed by atoms with Gasteiger partial charge in [-0.2, -0.15) is 0 Å². The molecule has 3 rings (SSSR count). The van der Waals surface area contributed by atoms with E-state index in [1.165, 1.54) is 0 Å². The molecule has 1 aliphatic rings. The van der Waals surface area contributed by atoms with Crippen molar-refractivity contribution >= 4 is 39.1 Å². The number of nitrogens with one attached hydrogen (secondary N) is 2. The number of carbonyl (C=O) groups is 1. The number of para-hydroxylation sites is 1. The number of hydrogen-bond donors (Lipinski definition) is 3. The summed E-state index contributed by atoms with van der Waals surface area (Å²) in [5.41, 5.74) is 8.00. The third kappa shape index (κ3) is 4.28. The van der Waals surface area contributed by atoms with E-state index in [9.17, 15) is 13.2 Å². The van der Waals surface area contributed by atoms with Crippen molar-refractivity contribution in [3.05, 3.63) is 36.0 Å². The molecule has 0 spiro atoms. The average Bonchev–Trinajstić information content (AvgIpc) is 2.89. The molecule has 0 aliphatic carbocycles. The quantitative estimate of drug-likeness (QED) is 0.749. The third-order valence-corrected chi connectivity index (χ3v) is 6.08. The van der Waals surface area contributed by atoms with Crippen LogP contribution in [0.15, 0.2) is 30.5 Å². The lowest BCUT2D eigenvalue weighted by molar-refractivity contribution is -0.122. The van der Waals surface area contributed by atoms with Crippen molar-refractivity contribution < 1.29 is 13.2 Å². The van der Waals surface area contributed by atoms with Crippen LogP contribution in [0.3, 0.4) is 0 Å². The molecule has 4 N–H and O–H groups in total. The maximum Gasteiger partial charge on any atom is 0.237 e. The maximum absolute atomic E-state index is 12.2. The lowest BCUT2D eigenvalue weighted by Crippen LogP contribution is -2.50. The smallest absolute Gasteiger partial charge is 0.237 e. The molecule has 0 radical (unpaired) electrons. The van der Waals surface area contributed by atoms with Gasteiger partial charge in [-0.15, -0.1) is 12.4 Å². The molecule has 2 heterocycles. The minimum absolute atomic E-state index is 0. The van der Waals surface area contributed by atoms with Crippen molar-refractivity contribution in [3.8, 4) is 0 Å². The summed E-state index contributed by atoms with van der Waals surface area (Å²) in [6.07, 6.45) is 3.55. The number of amides is 1. The summed E-state index contributed by atoms with van der Waals surface area (Å²) in [5, 5.41) is 3.83. The number of fused-ring (bicyclic) bond motifs is 1. The van der Waals surface area contributed by atoms with Crippen LogP contribution in [0, 0.1) is 0 Å². The van der Waals surface area contributed by atoms with Gasteiger partial charge >= 0.3 is 0 Å². The summed E-state index contributed by atoms with van der Waals surface area (Å²) in [7, 11) is -3.04. The maximum atomic E-state index is 12.2. The van der Waals surface area contributed by atoms with Gasteiger partial charge in [0, 0.05) is 23.1 Å². The second kappa shape index (κ2) is 7.55. The van der Waals surface area contributed by atoms with Crippen LogP contribution in [-0.2, 0) is 21.1 Å². The van der Waals surface area contributed by atoms with E-state index in [1.807, 2.05) is 30.5 Å². The highest BCUT2D eigenvalue weighted by Crippen LogP contribution is 2.19. The molecule has 6 nitrogen and oxygen atoms in total. The molecule has 1 saturated heterocycles. The summed E-state index contributed by atoms with van der Waals surface area (Å²) in [6, 6.07) is 6.82. The SMILES string of the molecule is Cl.N[C@@H](Cc1c[nH]c2ccccc12)C(=O)NC1CCCS(=O)(=O)C1. The van der Waals surface area contributed by atoms with Gasteiger partial charge in [0.1, 0.15) is 0 Å².